The summed E-state index contributed by atoms with van der Waals surface area (Å²) in [6, 6.07) is 14.0. The number of likely N-dealkylation sites (N-methyl/N-ethyl adjacent to an activating group) is 1. The van der Waals surface area contributed by atoms with Crippen LogP contribution in [0.4, 0.5) is 5.82 Å². The Bertz CT molecular complexity index is 1770. The molecule has 3 saturated heterocycles. The lowest BCUT2D eigenvalue weighted by Gasteiger charge is -2.39. The van der Waals surface area contributed by atoms with Crippen molar-refractivity contribution in [3.63, 3.8) is 0 Å². The normalized spacial score (nSPS) is 24.1. The third kappa shape index (κ3) is 4.65. The van der Waals surface area contributed by atoms with Gasteiger partial charge in [-0.3, -0.25) is 9.47 Å². The maximum Gasteiger partial charge on any atom is 0.350 e. The Kier molecular flexibility index (Phi) is 6.74. The van der Waals surface area contributed by atoms with E-state index in [0.29, 0.717) is 35.3 Å². The van der Waals surface area contributed by atoms with Gasteiger partial charge in [0, 0.05) is 68.8 Å². The number of halogens is 1. The number of hydrogen-bond acceptors (Lipinski definition) is 8. The number of nitrogens with one attached hydrogen (secondary N) is 1. The van der Waals surface area contributed by atoms with Crippen LogP contribution in [0, 0.1) is 0 Å². The Labute approximate surface area is 255 Å². The summed E-state index contributed by atoms with van der Waals surface area (Å²) in [6.45, 7) is 9.96. The number of benzene rings is 3. The van der Waals surface area contributed by atoms with E-state index in [0.717, 1.165) is 98.0 Å². The number of ether oxygens (including phenoxy) is 1. The molecule has 9 nitrogen and oxygen atoms in total. The zero-order valence-electron chi connectivity index (χ0n) is 24.4. The largest absolute Gasteiger partial charge is 0.508 e. The topological polar surface area (TPSA) is 86.1 Å². The number of hydrogen-bond donors (Lipinski definition) is 2. The van der Waals surface area contributed by atoms with Crippen LogP contribution in [0.25, 0.3) is 32.8 Å². The molecule has 0 spiro atoms. The first-order valence-electron chi connectivity index (χ1n) is 15.6. The van der Waals surface area contributed by atoms with Gasteiger partial charge in [-0.15, -0.1) is 0 Å². The van der Waals surface area contributed by atoms with Crippen molar-refractivity contribution < 1.29 is 9.84 Å². The molecule has 4 aromatic rings. The van der Waals surface area contributed by atoms with Crippen molar-refractivity contribution >= 4 is 39.1 Å². The zero-order valence-corrected chi connectivity index (χ0v) is 25.2. The highest BCUT2D eigenvalue weighted by Crippen LogP contribution is 2.48. The fourth-order valence-corrected chi connectivity index (χ4v) is 8.02. The van der Waals surface area contributed by atoms with Gasteiger partial charge in [0.25, 0.3) is 0 Å². The number of phenols is 1. The lowest BCUT2D eigenvalue weighted by Crippen LogP contribution is -2.52. The number of fused-ring (bicyclic) bond motifs is 3. The monoisotopic (exact) mass is 600 g/mol. The number of nitrogens with zero attached hydrogens (tertiary/aromatic N) is 5. The average molecular weight is 601 g/mol. The third-order valence-corrected chi connectivity index (χ3v) is 10.2. The summed E-state index contributed by atoms with van der Waals surface area (Å²) in [4.78, 5) is 26.0. The van der Waals surface area contributed by atoms with E-state index in [2.05, 4.69) is 26.9 Å². The van der Waals surface area contributed by atoms with Gasteiger partial charge in [-0.1, -0.05) is 42.8 Å². The van der Waals surface area contributed by atoms with E-state index in [1.165, 1.54) is 0 Å². The Balaban J connectivity index is 1.32. The van der Waals surface area contributed by atoms with Gasteiger partial charge in [-0.25, -0.2) is 4.79 Å². The molecule has 10 heteroatoms. The lowest BCUT2D eigenvalue weighted by molar-refractivity contribution is 0.106. The van der Waals surface area contributed by atoms with Gasteiger partial charge in [-0.05, 0) is 53.9 Å². The minimum atomic E-state index is -0.237. The van der Waals surface area contributed by atoms with Crippen molar-refractivity contribution in [3.8, 4) is 22.6 Å². The minimum Gasteiger partial charge on any atom is -0.508 e. The van der Waals surface area contributed by atoms with Gasteiger partial charge in [0.05, 0.1) is 16.6 Å². The Morgan fingerprint density at radius 3 is 2.56 bits per heavy atom. The van der Waals surface area contributed by atoms with Crippen LogP contribution in [0.1, 0.15) is 25.8 Å². The van der Waals surface area contributed by atoms with Crippen molar-refractivity contribution in [1.82, 2.24) is 24.7 Å². The predicted octanol–water partition coefficient (Wildman–Crippen LogP) is 4.09. The molecule has 3 atom stereocenters. The standard InChI is InChI=1S/C33H37ClN6O3/c1-2-37-10-12-38(13-11-37)18-23-19-43-31-29(25-5-3-4-20-6-9-24(41)14-26(20)25)28(34)15-27-30(31)40(23)33(42)36-32(27)39-16-21-7-8-22(17-39)35-21/h3-6,9,14-15,21-23,35,41H,2,7-8,10-13,16-19H2,1H3/t21?,22?,23-/m0/s1. The smallest absolute Gasteiger partial charge is 0.350 e. The summed E-state index contributed by atoms with van der Waals surface area (Å²) in [7, 11) is 0. The van der Waals surface area contributed by atoms with E-state index in [1.807, 2.05) is 34.9 Å². The first-order chi connectivity index (χ1) is 21.0. The molecule has 0 aliphatic carbocycles. The molecule has 3 fully saturated rings. The Hall–Kier alpha value is -3.37. The van der Waals surface area contributed by atoms with Crippen molar-refractivity contribution in [2.75, 3.05) is 63.9 Å². The first kappa shape index (κ1) is 27.2. The molecule has 43 heavy (non-hydrogen) atoms. The number of aromatic hydroxyl groups is 1. The average Bonchev–Trinajstić information content (AvgIpc) is 3.36. The van der Waals surface area contributed by atoms with E-state index < -0.39 is 0 Å². The zero-order chi connectivity index (χ0) is 29.2. The van der Waals surface area contributed by atoms with Crippen molar-refractivity contribution in [3.05, 3.63) is 58.0 Å². The summed E-state index contributed by atoms with van der Waals surface area (Å²) in [5, 5.41) is 17.3. The molecule has 5 heterocycles. The molecule has 224 valence electrons. The number of aromatic nitrogens is 2. The highest BCUT2D eigenvalue weighted by atomic mass is 35.5. The SMILES string of the molecule is CCN1CCN(C[C@H]2COc3c(-c4cccc5ccc(O)cc45)c(Cl)cc4c(N5CC6CCC(C5)N6)nc(=O)n2c34)CC1. The van der Waals surface area contributed by atoms with Gasteiger partial charge in [0.1, 0.15) is 18.2 Å². The van der Waals surface area contributed by atoms with E-state index in [1.54, 1.807) is 12.1 Å². The van der Waals surface area contributed by atoms with Crippen LogP contribution < -0.4 is 20.6 Å². The second-order valence-electron chi connectivity index (χ2n) is 12.5. The number of piperazine rings is 2. The molecule has 8 rings (SSSR count). The minimum absolute atomic E-state index is 0.165. The van der Waals surface area contributed by atoms with Gasteiger partial charge in [0.2, 0.25) is 0 Å². The summed E-state index contributed by atoms with van der Waals surface area (Å²) >= 11 is 7.18. The molecule has 2 N–H and O–H groups in total. The maximum absolute atomic E-state index is 14.1. The first-order valence-corrected chi connectivity index (χ1v) is 15.9. The van der Waals surface area contributed by atoms with Crippen LogP contribution >= 0.6 is 11.6 Å². The maximum atomic E-state index is 14.1. The summed E-state index contributed by atoms with van der Waals surface area (Å²) in [5.41, 5.74) is 2.13. The number of rotatable bonds is 5. The molecule has 3 aromatic carbocycles. The number of anilines is 1. The molecule has 0 amide bonds. The van der Waals surface area contributed by atoms with Crippen LogP contribution in [0.15, 0.2) is 47.3 Å². The van der Waals surface area contributed by atoms with Crippen LogP contribution in [-0.4, -0.2) is 95.5 Å². The van der Waals surface area contributed by atoms with Crippen molar-refractivity contribution in [2.24, 2.45) is 0 Å². The van der Waals surface area contributed by atoms with E-state index in [9.17, 15) is 9.90 Å². The second kappa shape index (κ2) is 10.7. The molecule has 4 aliphatic rings. The lowest BCUT2D eigenvalue weighted by atomic mass is 9.95. The molecule has 1 aromatic heterocycles. The predicted molar refractivity (Wildman–Crippen MR) is 171 cm³/mol. The highest BCUT2D eigenvalue weighted by molar-refractivity contribution is 6.35. The summed E-state index contributed by atoms with van der Waals surface area (Å²) in [6.07, 6.45) is 2.27. The number of phenolic OH excluding ortho intramolecular Hbond substituents is 1. The second-order valence-corrected chi connectivity index (χ2v) is 12.9. The Morgan fingerprint density at radius 2 is 1.79 bits per heavy atom. The van der Waals surface area contributed by atoms with Crippen LogP contribution in [-0.2, 0) is 0 Å². The molecule has 0 radical (unpaired) electrons. The van der Waals surface area contributed by atoms with Gasteiger partial charge in [-0.2, -0.15) is 4.98 Å². The fraction of sp³-hybridized carbons (Fsp3) is 0.455. The third-order valence-electron chi connectivity index (χ3n) is 9.91. The van der Waals surface area contributed by atoms with Crippen molar-refractivity contribution in [2.45, 2.75) is 37.9 Å². The van der Waals surface area contributed by atoms with E-state index in [-0.39, 0.29) is 17.5 Å². The summed E-state index contributed by atoms with van der Waals surface area (Å²) in [5.74, 6) is 1.50. The molecular weight excluding hydrogens is 564 g/mol. The van der Waals surface area contributed by atoms with Crippen LogP contribution in [0.2, 0.25) is 5.02 Å². The summed E-state index contributed by atoms with van der Waals surface area (Å²) < 4.78 is 8.57. The van der Waals surface area contributed by atoms with Crippen molar-refractivity contribution in [1.29, 1.82) is 0 Å². The molecule has 2 bridgehead atoms. The van der Waals surface area contributed by atoms with Gasteiger partial charge in [0.15, 0.2) is 5.75 Å². The van der Waals surface area contributed by atoms with Gasteiger partial charge >= 0.3 is 5.69 Å². The Morgan fingerprint density at radius 1 is 1.02 bits per heavy atom. The quantitative estimate of drug-likeness (QED) is 0.354. The van der Waals surface area contributed by atoms with Crippen LogP contribution in [0.3, 0.4) is 0 Å². The van der Waals surface area contributed by atoms with E-state index >= 15 is 0 Å². The van der Waals surface area contributed by atoms with Gasteiger partial charge < -0.3 is 25.0 Å². The molecule has 0 saturated carbocycles. The van der Waals surface area contributed by atoms with Crippen LogP contribution in [0.5, 0.6) is 11.5 Å². The fourth-order valence-electron chi connectivity index (χ4n) is 7.72. The molecular formula is C33H37ClN6O3. The molecule has 4 aliphatic heterocycles. The highest BCUT2D eigenvalue weighted by Gasteiger charge is 2.37. The van der Waals surface area contributed by atoms with E-state index in [4.69, 9.17) is 21.3 Å². The molecule has 2 unspecified atom stereocenters.